The number of benzene rings is 3. The molecule has 1 heterocycles. The summed E-state index contributed by atoms with van der Waals surface area (Å²) in [6.07, 6.45) is 2.38. The number of nitrogens with one attached hydrogen (secondary N) is 1. The minimum Gasteiger partial charge on any atom is -0.493 e. The molecule has 1 aliphatic carbocycles. The van der Waals surface area contributed by atoms with Gasteiger partial charge in [0.25, 0.3) is 11.5 Å². The summed E-state index contributed by atoms with van der Waals surface area (Å²) in [7, 11) is 0. The van der Waals surface area contributed by atoms with Crippen LogP contribution in [-0.2, 0) is 13.1 Å². The van der Waals surface area contributed by atoms with Gasteiger partial charge in [0.15, 0.2) is 5.69 Å². The maximum Gasteiger partial charge on any atom is 0.330 e. The zero-order valence-electron chi connectivity index (χ0n) is 20.3. The summed E-state index contributed by atoms with van der Waals surface area (Å²) in [5, 5.41) is 0. The summed E-state index contributed by atoms with van der Waals surface area (Å²) in [6, 6.07) is 25.4. The number of carbonyl (C=O) groups is 1. The van der Waals surface area contributed by atoms with Crippen LogP contribution in [0.1, 0.15) is 34.3 Å². The number of hydrogen-bond acceptors (Lipinski definition) is 5. The van der Waals surface area contributed by atoms with E-state index in [1.54, 1.807) is 24.3 Å². The van der Waals surface area contributed by atoms with Gasteiger partial charge in [0.1, 0.15) is 11.6 Å². The van der Waals surface area contributed by atoms with Crippen molar-refractivity contribution in [1.82, 2.24) is 9.55 Å². The topological polar surface area (TPSA) is 110 Å². The van der Waals surface area contributed by atoms with Gasteiger partial charge in [-0.05, 0) is 54.2 Å². The molecule has 1 aliphatic rings. The Morgan fingerprint density at radius 1 is 0.919 bits per heavy atom. The molecule has 0 bridgehead atoms. The van der Waals surface area contributed by atoms with Crippen LogP contribution < -0.4 is 26.6 Å². The average Bonchev–Trinajstić information content (AvgIpc) is 3.75. The van der Waals surface area contributed by atoms with Gasteiger partial charge in [-0.25, -0.2) is 4.79 Å². The Kier molecular flexibility index (Phi) is 6.89. The van der Waals surface area contributed by atoms with Crippen LogP contribution in [0.15, 0.2) is 94.5 Å². The molecule has 8 nitrogen and oxygen atoms in total. The fraction of sp³-hybridized carbons (Fsp3) is 0.207. The van der Waals surface area contributed by atoms with Crippen molar-refractivity contribution in [2.45, 2.75) is 25.9 Å². The van der Waals surface area contributed by atoms with Crippen LogP contribution in [0, 0.1) is 5.92 Å². The molecular weight excluding hydrogens is 468 g/mol. The quantitative estimate of drug-likeness (QED) is 0.366. The molecule has 5 rings (SSSR count). The predicted octanol–water partition coefficient (Wildman–Crippen LogP) is 3.80. The minimum atomic E-state index is -0.722. The highest BCUT2D eigenvalue weighted by molar-refractivity contribution is 6.07. The first-order valence-electron chi connectivity index (χ1n) is 12.2. The van der Waals surface area contributed by atoms with E-state index in [0.29, 0.717) is 23.8 Å². The van der Waals surface area contributed by atoms with Gasteiger partial charge in [-0.2, -0.15) is 0 Å². The lowest BCUT2D eigenvalue weighted by Gasteiger charge is -2.25. The second-order valence-corrected chi connectivity index (χ2v) is 9.22. The van der Waals surface area contributed by atoms with Crippen LogP contribution in [0.3, 0.4) is 0 Å². The Bertz CT molecular complexity index is 1490. The zero-order valence-corrected chi connectivity index (χ0v) is 20.3. The predicted molar refractivity (Wildman–Crippen MR) is 143 cm³/mol. The van der Waals surface area contributed by atoms with Crippen LogP contribution >= 0.6 is 0 Å². The standard InChI is InChI=1S/C29H28N4O4/c30-26-25(27(34)31-29(36)33(26)18-21-9-5-2-6-10-21)32(17-20-7-3-1-4-8-20)28(35)23-13-15-24(16-14-23)37-19-22-11-12-22/h1-10,13-16,22H,11-12,17-19,30H2,(H,31,34,36). The first-order chi connectivity index (χ1) is 18.0. The van der Waals surface area contributed by atoms with Crippen molar-refractivity contribution in [2.75, 3.05) is 17.2 Å². The summed E-state index contributed by atoms with van der Waals surface area (Å²) in [6.45, 7) is 0.911. The van der Waals surface area contributed by atoms with Gasteiger partial charge in [-0.15, -0.1) is 0 Å². The number of ether oxygens (including phenoxy) is 1. The Morgan fingerprint density at radius 3 is 2.16 bits per heavy atom. The third-order valence-electron chi connectivity index (χ3n) is 6.38. The average molecular weight is 497 g/mol. The smallest absolute Gasteiger partial charge is 0.330 e. The Hall–Kier alpha value is -4.59. The molecule has 4 aromatic rings. The Balaban J connectivity index is 1.52. The van der Waals surface area contributed by atoms with Crippen LogP contribution in [-0.4, -0.2) is 22.1 Å². The number of nitrogens with zero attached hydrogens (tertiary/aromatic N) is 2. The number of anilines is 2. The van der Waals surface area contributed by atoms with Crippen molar-refractivity contribution < 1.29 is 9.53 Å². The normalized spacial score (nSPS) is 12.8. The van der Waals surface area contributed by atoms with Crippen molar-refractivity contribution in [3.8, 4) is 5.75 Å². The number of hydrogen-bond donors (Lipinski definition) is 2. The number of rotatable bonds is 9. The third kappa shape index (κ3) is 5.64. The maximum atomic E-state index is 13.8. The van der Waals surface area contributed by atoms with Gasteiger partial charge < -0.3 is 10.5 Å². The molecule has 0 atom stereocenters. The molecule has 0 unspecified atom stereocenters. The van der Waals surface area contributed by atoms with Gasteiger partial charge >= 0.3 is 5.69 Å². The van der Waals surface area contributed by atoms with Crippen molar-refractivity contribution in [3.63, 3.8) is 0 Å². The first kappa shape index (κ1) is 24.1. The fourth-order valence-electron chi connectivity index (χ4n) is 4.13. The molecule has 1 amide bonds. The van der Waals surface area contributed by atoms with E-state index in [0.717, 1.165) is 11.1 Å². The van der Waals surface area contributed by atoms with Crippen LogP contribution in [0.2, 0.25) is 0 Å². The summed E-state index contributed by atoms with van der Waals surface area (Å²) < 4.78 is 7.06. The SMILES string of the molecule is Nc1c(N(Cc2ccccc2)C(=O)c2ccc(OCC3CC3)cc2)c(=O)[nH]c(=O)n1Cc1ccccc1. The van der Waals surface area contributed by atoms with Gasteiger partial charge in [0.2, 0.25) is 0 Å². The van der Waals surface area contributed by atoms with Crippen molar-refractivity contribution in [3.05, 3.63) is 122 Å². The molecule has 3 aromatic carbocycles. The van der Waals surface area contributed by atoms with Gasteiger partial charge in [-0.1, -0.05) is 60.7 Å². The molecule has 0 radical (unpaired) electrons. The van der Waals surface area contributed by atoms with Gasteiger partial charge in [0, 0.05) is 5.56 Å². The lowest BCUT2D eigenvalue weighted by atomic mass is 10.1. The van der Waals surface area contributed by atoms with Crippen LogP contribution in [0.4, 0.5) is 11.5 Å². The first-order valence-corrected chi connectivity index (χ1v) is 12.2. The van der Waals surface area contributed by atoms with E-state index in [9.17, 15) is 14.4 Å². The van der Waals surface area contributed by atoms with Crippen LogP contribution in [0.5, 0.6) is 5.75 Å². The molecule has 1 saturated carbocycles. The van der Waals surface area contributed by atoms with E-state index in [4.69, 9.17) is 10.5 Å². The second kappa shape index (κ2) is 10.6. The van der Waals surface area contributed by atoms with E-state index in [-0.39, 0.29) is 24.6 Å². The van der Waals surface area contributed by atoms with E-state index < -0.39 is 17.2 Å². The van der Waals surface area contributed by atoms with Crippen LogP contribution in [0.25, 0.3) is 0 Å². The van der Waals surface area contributed by atoms with Gasteiger partial charge in [-0.3, -0.25) is 24.0 Å². The van der Waals surface area contributed by atoms with Crippen molar-refractivity contribution in [1.29, 1.82) is 0 Å². The Morgan fingerprint density at radius 2 is 1.54 bits per heavy atom. The van der Waals surface area contributed by atoms with E-state index in [2.05, 4.69) is 4.98 Å². The van der Waals surface area contributed by atoms with Gasteiger partial charge in [0.05, 0.1) is 19.7 Å². The highest BCUT2D eigenvalue weighted by atomic mass is 16.5. The number of aromatic amines is 1. The second-order valence-electron chi connectivity index (χ2n) is 9.22. The number of H-pyrrole nitrogens is 1. The van der Waals surface area contributed by atoms with Crippen molar-refractivity contribution >= 4 is 17.4 Å². The number of nitrogen functional groups attached to an aromatic ring is 1. The molecule has 37 heavy (non-hydrogen) atoms. The lowest BCUT2D eigenvalue weighted by molar-refractivity contribution is 0.0984. The third-order valence-corrected chi connectivity index (χ3v) is 6.38. The largest absolute Gasteiger partial charge is 0.493 e. The highest BCUT2D eigenvalue weighted by Crippen LogP contribution is 2.30. The Labute approximate surface area is 213 Å². The number of carbonyl (C=O) groups excluding carboxylic acids is 1. The summed E-state index contributed by atoms with van der Waals surface area (Å²) in [5.41, 5.74) is 7.00. The molecule has 1 fully saturated rings. The summed E-state index contributed by atoms with van der Waals surface area (Å²) in [4.78, 5) is 43.2. The van der Waals surface area contributed by atoms with Crippen molar-refractivity contribution in [2.24, 2.45) is 5.92 Å². The number of aromatic nitrogens is 2. The molecule has 8 heteroatoms. The molecule has 3 N–H and O–H groups in total. The molecular formula is C29H28N4O4. The summed E-state index contributed by atoms with van der Waals surface area (Å²) in [5.74, 6) is 0.807. The zero-order chi connectivity index (χ0) is 25.8. The monoisotopic (exact) mass is 496 g/mol. The number of nitrogens with two attached hydrogens (primary N) is 1. The summed E-state index contributed by atoms with van der Waals surface area (Å²) >= 11 is 0. The molecule has 0 aliphatic heterocycles. The van der Waals surface area contributed by atoms with E-state index in [1.807, 2.05) is 60.7 Å². The maximum absolute atomic E-state index is 13.8. The lowest BCUT2D eigenvalue weighted by Crippen LogP contribution is -2.41. The highest BCUT2D eigenvalue weighted by Gasteiger charge is 2.26. The molecule has 1 aromatic heterocycles. The fourth-order valence-corrected chi connectivity index (χ4v) is 4.13. The molecule has 188 valence electrons. The van der Waals surface area contributed by atoms with E-state index >= 15 is 0 Å². The van der Waals surface area contributed by atoms with E-state index in [1.165, 1.54) is 22.3 Å². The number of amides is 1. The minimum absolute atomic E-state index is 0.0709. The molecule has 0 saturated heterocycles. The molecule has 0 spiro atoms.